The Morgan fingerprint density at radius 1 is 1.35 bits per heavy atom. The van der Waals surface area contributed by atoms with Gasteiger partial charge in [0.25, 0.3) is 5.91 Å². The third-order valence-electron chi connectivity index (χ3n) is 3.34. The summed E-state index contributed by atoms with van der Waals surface area (Å²) in [7, 11) is 0. The summed E-state index contributed by atoms with van der Waals surface area (Å²) < 4.78 is 5.32. The van der Waals surface area contributed by atoms with E-state index in [0.29, 0.717) is 30.0 Å². The number of benzene rings is 1. The Morgan fingerprint density at radius 2 is 2.10 bits per heavy atom. The van der Waals surface area contributed by atoms with Crippen molar-refractivity contribution in [3.8, 4) is 5.75 Å². The van der Waals surface area contributed by atoms with E-state index in [-0.39, 0.29) is 24.5 Å². The summed E-state index contributed by atoms with van der Waals surface area (Å²) in [6.45, 7) is -0.127. The first kappa shape index (κ1) is 14.7. The molecule has 2 N–H and O–H groups in total. The lowest BCUT2D eigenvalue weighted by atomic mass is 10.1. The molecular formula is C14H16ClNO4. The fraction of sp³-hybridized carbons (Fsp3) is 0.429. The van der Waals surface area contributed by atoms with Crippen molar-refractivity contribution in [2.24, 2.45) is 5.92 Å². The minimum atomic E-state index is -0.797. The lowest BCUT2D eigenvalue weighted by Gasteiger charge is -2.13. The topological polar surface area (TPSA) is 75.6 Å². The van der Waals surface area contributed by atoms with Gasteiger partial charge < -0.3 is 15.2 Å². The van der Waals surface area contributed by atoms with E-state index in [0.717, 1.165) is 0 Å². The Balaban J connectivity index is 1.77. The standard InChI is InChI=1S/C14H16ClNO4/c15-11-3-1-2-4-12(11)20-8-13(17)16-10-6-5-9(7-10)14(18)19/h1-4,9-10H,5-8H2,(H,16,17)(H,18,19)/t9-,10+/m1/s1. The van der Waals surface area contributed by atoms with E-state index in [2.05, 4.69) is 5.32 Å². The highest BCUT2D eigenvalue weighted by molar-refractivity contribution is 6.32. The second kappa shape index (κ2) is 6.61. The van der Waals surface area contributed by atoms with E-state index in [1.807, 2.05) is 0 Å². The molecule has 1 aromatic rings. The number of carboxylic acids is 1. The smallest absolute Gasteiger partial charge is 0.306 e. The van der Waals surface area contributed by atoms with E-state index < -0.39 is 5.97 Å². The van der Waals surface area contributed by atoms with E-state index in [9.17, 15) is 9.59 Å². The molecule has 0 unspecified atom stereocenters. The SMILES string of the molecule is O=C(COc1ccccc1Cl)N[C@H]1CC[C@@H](C(=O)O)C1. The van der Waals surface area contributed by atoms with Gasteiger partial charge in [-0.1, -0.05) is 23.7 Å². The number of hydrogen-bond donors (Lipinski definition) is 2. The zero-order valence-electron chi connectivity index (χ0n) is 10.8. The van der Waals surface area contributed by atoms with Crippen LogP contribution in [0.1, 0.15) is 19.3 Å². The lowest BCUT2D eigenvalue weighted by molar-refractivity contribution is -0.141. The van der Waals surface area contributed by atoms with Crippen LogP contribution in [0.15, 0.2) is 24.3 Å². The maximum atomic E-state index is 11.7. The third-order valence-corrected chi connectivity index (χ3v) is 3.65. The molecule has 1 aliphatic carbocycles. The average Bonchev–Trinajstić information content (AvgIpc) is 2.86. The van der Waals surface area contributed by atoms with Crippen molar-refractivity contribution in [1.82, 2.24) is 5.32 Å². The molecule has 0 spiro atoms. The predicted octanol–water partition coefficient (Wildman–Crippen LogP) is 2.09. The Kier molecular flexibility index (Phi) is 4.84. The number of hydrogen-bond acceptors (Lipinski definition) is 3. The van der Waals surface area contributed by atoms with Gasteiger partial charge in [0.1, 0.15) is 5.75 Å². The van der Waals surface area contributed by atoms with Gasteiger partial charge in [0, 0.05) is 6.04 Å². The van der Waals surface area contributed by atoms with Gasteiger partial charge in [-0.3, -0.25) is 9.59 Å². The molecule has 1 aliphatic rings. The summed E-state index contributed by atoms with van der Waals surface area (Å²) in [5, 5.41) is 12.1. The van der Waals surface area contributed by atoms with Crippen molar-refractivity contribution in [2.75, 3.05) is 6.61 Å². The Hall–Kier alpha value is -1.75. The fourth-order valence-electron chi connectivity index (χ4n) is 2.31. The van der Waals surface area contributed by atoms with Crippen LogP contribution < -0.4 is 10.1 Å². The van der Waals surface area contributed by atoms with Crippen LogP contribution in [0.2, 0.25) is 5.02 Å². The zero-order chi connectivity index (χ0) is 14.5. The van der Waals surface area contributed by atoms with Crippen molar-refractivity contribution in [1.29, 1.82) is 0 Å². The van der Waals surface area contributed by atoms with Gasteiger partial charge in [-0.05, 0) is 31.4 Å². The van der Waals surface area contributed by atoms with Crippen molar-refractivity contribution >= 4 is 23.5 Å². The number of nitrogens with one attached hydrogen (secondary N) is 1. The van der Waals surface area contributed by atoms with Crippen LogP contribution in [0.4, 0.5) is 0 Å². The molecule has 1 fully saturated rings. The van der Waals surface area contributed by atoms with E-state index in [4.69, 9.17) is 21.4 Å². The van der Waals surface area contributed by atoms with Crippen molar-refractivity contribution in [3.05, 3.63) is 29.3 Å². The maximum absolute atomic E-state index is 11.7. The van der Waals surface area contributed by atoms with Gasteiger partial charge in [-0.2, -0.15) is 0 Å². The van der Waals surface area contributed by atoms with Crippen molar-refractivity contribution < 1.29 is 19.4 Å². The molecule has 0 aromatic heterocycles. The van der Waals surface area contributed by atoms with E-state index in [1.54, 1.807) is 24.3 Å². The Bertz CT molecular complexity index is 506. The Labute approximate surface area is 121 Å². The molecule has 2 atom stereocenters. The number of aliphatic carboxylic acids is 1. The van der Waals surface area contributed by atoms with Gasteiger partial charge >= 0.3 is 5.97 Å². The number of halogens is 1. The fourth-order valence-corrected chi connectivity index (χ4v) is 2.50. The molecule has 0 radical (unpaired) electrons. The molecule has 2 rings (SSSR count). The molecule has 20 heavy (non-hydrogen) atoms. The minimum absolute atomic E-state index is 0.0848. The molecule has 0 aliphatic heterocycles. The van der Waals surface area contributed by atoms with E-state index >= 15 is 0 Å². The van der Waals surface area contributed by atoms with Crippen LogP contribution in [-0.2, 0) is 9.59 Å². The highest BCUT2D eigenvalue weighted by Crippen LogP contribution is 2.26. The number of rotatable bonds is 5. The number of para-hydroxylation sites is 1. The highest BCUT2D eigenvalue weighted by Gasteiger charge is 2.30. The third kappa shape index (κ3) is 3.87. The Morgan fingerprint density at radius 3 is 2.75 bits per heavy atom. The molecule has 1 saturated carbocycles. The summed E-state index contributed by atoms with van der Waals surface area (Å²) in [5.41, 5.74) is 0. The van der Waals surface area contributed by atoms with Crippen LogP contribution >= 0.6 is 11.6 Å². The summed E-state index contributed by atoms with van der Waals surface area (Å²) >= 11 is 5.91. The number of carboxylic acid groups (broad SMARTS) is 1. The summed E-state index contributed by atoms with van der Waals surface area (Å²) in [5.74, 6) is -0.959. The molecule has 108 valence electrons. The van der Waals surface area contributed by atoms with Crippen molar-refractivity contribution in [2.45, 2.75) is 25.3 Å². The molecule has 0 saturated heterocycles. The number of carbonyl (C=O) groups is 2. The molecule has 0 heterocycles. The second-order valence-corrected chi connectivity index (χ2v) is 5.24. The quantitative estimate of drug-likeness (QED) is 0.872. The predicted molar refractivity (Wildman–Crippen MR) is 73.9 cm³/mol. The van der Waals surface area contributed by atoms with Gasteiger partial charge in [0.2, 0.25) is 0 Å². The first-order chi connectivity index (χ1) is 9.56. The molecule has 0 bridgehead atoms. The number of amides is 1. The van der Waals surface area contributed by atoms with Gasteiger partial charge in [-0.15, -0.1) is 0 Å². The number of carbonyl (C=O) groups excluding carboxylic acids is 1. The van der Waals surface area contributed by atoms with Gasteiger partial charge in [0.05, 0.1) is 10.9 Å². The summed E-state index contributed by atoms with van der Waals surface area (Å²) in [4.78, 5) is 22.6. The van der Waals surface area contributed by atoms with Gasteiger partial charge in [-0.25, -0.2) is 0 Å². The maximum Gasteiger partial charge on any atom is 0.306 e. The number of ether oxygens (including phenoxy) is 1. The van der Waals surface area contributed by atoms with Crippen molar-refractivity contribution in [3.63, 3.8) is 0 Å². The highest BCUT2D eigenvalue weighted by atomic mass is 35.5. The van der Waals surface area contributed by atoms with Crippen LogP contribution in [0.5, 0.6) is 5.75 Å². The lowest BCUT2D eigenvalue weighted by Crippen LogP contribution is -2.36. The molecule has 1 amide bonds. The summed E-state index contributed by atoms with van der Waals surface area (Å²) in [6, 6.07) is 6.83. The molecule has 5 nitrogen and oxygen atoms in total. The van der Waals surface area contributed by atoms with Crippen LogP contribution in [0, 0.1) is 5.92 Å². The molecule has 6 heteroatoms. The van der Waals surface area contributed by atoms with Crippen LogP contribution in [-0.4, -0.2) is 29.6 Å². The average molecular weight is 298 g/mol. The zero-order valence-corrected chi connectivity index (χ0v) is 11.6. The van der Waals surface area contributed by atoms with Crippen LogP contribution in [0.25, 0.3) is 0 Å². The normalized spacial score (nSPS) is 21.4. The first-order valence-corrected chi connectivity index (χ1v) is 6.83. The molecular weight excluding hydrogens is 282 g/mol. The van der Waals surface area contributed by atoms with E-state index in [1.165, 1.54) is 0 Å². The monoisotopic (exact) mass is 297 g/mol. The first-order valence-electron chi connectivity index (χ1n) is 6.45. The summed E-state index contributed by atoms with van der Waals surface area (Å²) in [6.07, 6.45) is 1.77. The minimum Gasteiger partial charge on any atom is -0.482 e. The van der Waals surface area contributed by atoms with Crippen LogP contribution in [0.3, 0.4) is 0 Å². The second-order valence-electron chi connectivity index (χ2n) is 4.83. The molecule has 1 aromatic carbocycles. The largest absolute Gasteiger partial charge is 0.482 e. The van der Waals surface area contributed by atoms with Gasteiger partial charge in [0.15, 0.2) is 6.61 Å².